The molecule has 0 saturated heterocycles. The van der Waals surface area contributed by atoms with E-state index < -0.39 is 5.60 Å². The Hall–Kier alpha value is -0.290. The second-order valence-electron chi connectivity index (χ2n) is 4.66. The summed E-state index contributed by atoms with van der Waals surface area (Å²) in [5, 5.41) is 11.8. The molecule has 0 bridgehead atoms. The molecule has 0 heterocycles. The van der Waals surface area contributed by atoms with E-state index in [1.54, 1.807) is 25.1 Å². The van der Waals surface area contributed by atoms with Crippen molar-refractivity contribution in [2.75, 3.05) is 0 Å². The number of rotatable bonds is 3. The monoisotopic (exact) mass is 406 g/mol. The van der Waals surface area contributed by atoms with Crippen LogP contribution in [0.3, 0.4) is 0 Å². The van der Waals surface area contributed by atoms with E-state index in [-0.39, 0.29) is 0 Å². The summed E-state index contributed by atoms with van der Waals surface area (Å²) in [5.41, 5.74) is 0.622. The van der Waals surface area contributed by atoms with Crippen molar-refractivity contribution in [1.82, 2.24) is 0 Å². The Morgan fingerprint density at radius 1 is 1.05 bits per heavy atom. The lowest BCUT2D eigenvalue weighted by atomic mass is 9.89. The van der Waals surface area contributed by atoms with Crippen molar-refractivity contribution in [3.8, 4) is 0 Å². The highest BCUT2D eigenvalue weighted by Gasteiger charge is 2.25. The fourth-order valence-corrected chi connectivity index (χ4v) is 2.85. The minimum Gasteiger partial charge on any atom is -0.385 e. The van der Waals surface area contributed by atoms with Crippen molar-refractivity contribution in [3.05, 3.63) is 67.2 Å². The van der Waals surface area contributed by atoms with Crippen LogP contribution in [0, 0.1) is 3.57 Å². The molecule has 2 aromatic carbocycles. The first-order valence-corrected chi connectivity index (χ1v) is 7.65. The van der Waals surface area contributed by atoms with Crippen LogP contribution in [0.1, 0.15) is 18.1 Å². The third kappa shape index (κ3) is 3.63. The molecule has 0 radical (unpaired) electrons. The van der Waals surface area contributed by atoms with Gasteiger partial charge in [0.15, 0.2) is 0 Å². The zero-order valence-corrected chi connectivity index (χ0v) is 14.0. The molecule has 0 saturated carbocycles. The summed E-state index contributed by atoms with van der Waals surface area (Å²) in [6, 6.07) is 13.2. The molecule has 0 aliphatic heterocycles. The predicted octanol–water partition coefficient (Wildman–Crippen LogP) is 5.05. The Morgan fingerprint density at radius 2 is 1.58 bits per heavy atom. The first kappa shape index (κ1) is 15.1. The van der Waals surface area contributed by atoms with E-state index in [1.807, 2.05) is 24.3 Å². The van der Waals surface area contributed by atoms with Gasteiger partial charge in [0.1, 0.15) is 0 Å². The minimum absolute atomic E-state index is 0.381. The lowest BCUT2D eigenvalue weighted by Crippen LogP contribution is -2.24. The lowest BCUT2D eigenvalue weighted by Gasteiger charge is -2.25. The van der Waals surface area contributed by atoms with Gasteiger partial charge < -0.3 is 5.11 Å². The molecule has 2 rings (SSSR count). The van der Waals surface area contributed by atoms with Crippen LogP contribution in [0.5, 0.6) is 0 Å². The Kier molecular flexibility index (Phi) is 4.77. The maximum atomic E-state index is 10.7. The number of halogens is 3. The molecule has 0 aromatic heterocycles. The van der Waals surface area contributed by atoms with Gasteiger partial charge in [0, 0.05) is 20.0 Å². The van der Waals surface area contributed by atoms with Gasteiger partial charge in [0.05, 0.1) is 5.60 Å². The van der Waals surface area contributed by atoms with Gasteiger partial charge in [-0.1, -0.05) is 41.4 Å². The van der Waals surface area contributed by atoms with E-state index in [1.165, 1.54) is 0 Å². The highest BCUT2D eigenvalue weighted by molar-refractivity contribution is 14.1. The highest BCUT2D eigenvalue weighted by atomic mass is 127. The summed E-state index contributed by atoms with van der Waals surface area (Å²) in [6.07, 6.45) is 0.381. The van der Waals surface area contributed by atoms with Crippen LogP contribution in [-0.4, -0.2) is 5.11 Å². The summed E-state index contributed by atoms with van der Waals surface area (Å²) in [4.78, 5) is 0. The van der Waals surface area contributed by atoms with Gasteiger partial charge in [-0.05, 0) is 64.9 Å². The normalized spacial score (nSPS) is 14.2. The molecule has 19 heavy (non-hydrogen) atoms. The fraction of sp³-hybridized carbons (Fsp3) is 0.200. The maximum Gasteiger partial charge on any atom is 0.0909 e. The Morgan fingerprint density at radius 3 is 2.11 bits per heavy atom. The average molecular weight is 407 g/mol. The van der Waals surface area contributed by atoms with Gasteiger partial charge in [-0.3, -0.25) is 0 Å². The first-order chi connectivity index (χ1) is 8.90. The van der Waals surface area contributed by atoms with Gasteiger partial charge >= 0.3 is 0 Å². The summed E-state index contributed by atoms with van der Waals surface area (Å²) in [6.45, 7) is 1.77. The number of aliphatic hydroxyl groups is 1. The molecule has 0 amide bonds. The molecule has 0 aliphatic rings. The summed E-state index contributed by atoms with van der Waals surface area (Å²) in [7, 11) is 0. The SMILES string of the molecule is CC(O)(Cc1c(Cl)cccc1Cl)c1ccc(I)cc1. The Labute approximate surface area is 136 Å². The molecule has 4 heteroatoms. The molecule has 1 N–H and O–H groups in total. The van der Waals surface area contributed by atoms with E-state index in [2.05, 4.69) is 22.6 Å². The van der Waals surface area contributed by atoms with Crippen LogP contribution in [0.4, 0.5) is 0 Å². The maximum absolute atomic E-state index is 10.7. The van der Waals surface area contributed by atoms with Gasteiger partial charge in [0.25, 0.3) is 0 Å². The van der Waals surface area contributed by atoms with Crippen LogP contribution in [-0.2, 0) is 12.0 Å². The number of hydrogen-bond donors (Lipinski definition) is 1. The van der Waals surface area contributed by atoms with Gasteiger partial charge in [0.2, 0.25) is 0 Å². The van der Waals surface area contributed by atoms with Gasteiger partial charge in [-0.15, -0.1) is 0 Å². The first-order valence-electron chi connectivity index (χ1n) is 5.81. The van der Waals surface area contributed by atoms with Crippen molar-refractivity contribution in [1.29, 1.82) is 0 Å². The molecule has 1 unspecified atom stereocenters. The predicted molar refractivity (Wildman–Crippen MR) is 88.9 cm³/mol. The van der Waals surface area contributed by atoms with Crippen LogP contribution in [0.25, 0.3) is 0 Å². The number of hydrogen-bond acceptors (Lipinski definition) is 1. The summed E-state index contributed by atoms with van der Waals surface area (Å²) >= 11 is 14.5. The molecule has 1 atom stereocenters. The van der Waals surface area contributed by atoms with E-state index in [0.717, 1.165) is 14.7 Å². The highest BCUT2D eigenvalue weighted by Crippen LogP contribution is 2.32. The molecule has 0 fully saturated rings. The molecule has 100 valence electrons. The van der Waals surface area contributed by atoms with Crippen molar-refractivity contribution < 1.29 is 5.11 Å². The lowest BCUT2D eigenvalue weighted by molar-refractivity contribution is 0.0576. The van der Waals surface area contributed by atoms with Gasteiger partial charge in [-0.25, -0.2) is 0 Å². The van der Waals surface area contributed by atoms with Crippen molar-refractivity contribution in [2.45, 2.75) is 18.9 Å². The fourth-order valence-electron chi connectivity index (χ4n) is 1.96. The summed E-state index contributed by atoms with van der Waals surface area (Å²) < 4.78 is 1.13. The smallest absolute Gasteiger partial charge is 0.0909 e. The van der Waals surface area contributed by atoms with Crippen molar-refractivity contribution in [3.63, 3.8) is 0 Å². The van der Waals surface area contributed by atoms with Crippen LogP contribution in [0.15, 0.2) is 42.5 Å². The Bertz CT molecular complexity index is 559. The Balaban J connectivity index is 2.33. The van der Waals surface area contributed by atoms with E-state index in [0.29, 0.717) is 16.5 Å². The quantitative estimate of drug-likeness (QED) is 0.707. The zero-order valence-electron chi connectivity index (χ0n) is 10.3. The zero-order chi connectivity index (χ0) is 14.0. The standard InChI is InChI=1S/C15H13Cl2IO/c1-15(19,10-5-7-11(18)8-6-10)9-12-13(16)3-2-4-14(12)17/h2-8,19H,9H2,1H3. The molecule has 2 aromatic rings. The molecule has 0 aliphatic carbocycles. The number of benzene rings is 2. The van der Waals surface area contributed by atoms with E-state index >= 15 is 0 Å². The minimum atomic E-state index is -1.00. The van der Waals surface area contributed by atoms with Crippen molar-refractivity contribution in [2.24, 2.45) is 0 Å². The topological polar surface area (TPSA) is 20.2 Å². The van der Waals surface area contributed by atoms with Gasteiger partial charge in [-0.2, -0.15) is 0 Å². The van der Waals surface area contributed by atoms with E-state index in [4.69, 9.17) is 23.2 Å². The molecule has 0 spiro atoms. The molecular formula is C15H13Cl2IO. The van der Waals surface area contributed by atoms with Crippen molar-refractivity contribution >= 4 is 45.8 Å². The van der Waals surface area contributed by atoms with E-state index in [9.17, 15) is 5.11 Å². The summed E-state index contributed by atoms with van der Waals surface area (Å²) in [5.74, 6) is 0. The van der Waals surface area contributed by atoms with Crippen LogP contribution < -0.4 is 0 Å². The third-order valence-electron chi connectivity index (χ3n) is 3.05. The molecule has 1 nitrogen and oxygen atoms in total. The average Bonchev–Trinajstić information content (AvgIpc) is 2.35. The van der Waals surface area contributed by atoms with Crippen LogP contribution >= 0.6 is 45.8 Å². The largest absolute Gasteiger partial charge is 0.385 e. The second kappa shape index (κ2) is 6.00. The third-order valence-corrected chi connectivity index (χ3v) is 4.48. The van der Waals surface area contributed by atoms with Crippen LogP contribution in [0.2, 0.25) is 10.0 Å². The molecular weight excluding hydrogens is 394 g/mol. The second-order valence-corrected chi connectivity index (χ2v) is 6.72.